The van der Waals surface area contributed by atoms with Crippen LogP contribution in [-0.2, 0) is 17.8 Å². The van der Waals surface area contributed by atoms with Gasteiger partial charge in [0.05, 0.1) is 23.3 Å². The Hall–Kier alpha value is -4.65. The molecule has 0 spiro atoms. The molecule has 5 rings (SSSR count). The first-order valence-corrected chi connectivity index (χ1v) is 13.5. The summed E-state index contributed by atoms with van der Waals surface area (Å²) in [6, 6.07) is 14.2. The Morgan fingerprint density at radius 2 is 1.59 bits per heavy atom. The number of fused-ring (bicyclic) bond motifs is 1. The van der Waals surface area contributed by atoms with Crippen LogP contribution >= 0.6 is 12.4 Å². The minimum absolute atomic E-state index is 0. The number of rotatable bonds is 8. The molecule has 1 saturated heterocycles. The number of halogens is 5. The molecule has 0 bridgehead atoms. The lowest BCUT2D eigenvalue weighted by Gasteiger charge is -2.31. The van der Waals surface area contributed by atoms with E-state index in [1.165, 1.54) is 30.3 Å². The normalized spacial score (nSPS) is 13.3. The van der Waals surface area contributed by atoms with Gasteiger partial charge in [-0.3, -0.25) is 14.4 Å². The van der Waals surface area contributed by atoms with E-state index in [2.05, 4.69) is 15.7 Å². The van der Waals surface area contributed by atoms with Crippen molar-refractivity contribution in [3.8, 4) is 0 Å². The van der Waals surface area contributed by atoms with Crippen LogP contribution in [0.5, 0.6) is 0 Å². The summed E-state index contributed by atoms with van der Waals surface area (Å²) < 4.78 is 54.6. The highest BCUT2D eigenvalue weighted by Gasteiger charge is 2.32. The Kier molecular flexibility index (Phi) is 9.78. The van der Waals surface area contributed by atoms with E-state index < -0.39 is 42.7 Å². The number of carbonyl (C=O) groups excluding carboxylic acids is 2. The molecule has 9 nitrogen and oxygen atoms in total. The largest absolute Gasteiger partial charge is 0.481 e. The number of aromatic nitrogens is 2. The second-order valence-corrected chi connectivity index (χ2v) is 10.2. The van der Waals surface area contributed by atoms with E-state index in [0.717, 1.165) is 31.4 Å². The van der Waals surface area contributed by atoms with Gasteiger partial charge in [-0.15, -0.1) is 12.4 Å². The molecule has 4 aromatic rings. The molecule has 0 saturated carbocycles. The molecule has 14 heteroatoms. The number of aliphatic carboxylic acids is 1. The summed E-state index contributed by atoms with van der Waals surface area (Å²) in [5.41, 5.74) is 0.966. The molecule has 2 amide bonds. The van der Waals surface area contributed by atoms with Gasteiger partial charge in [0.15, 0.2) is 0 Å². The summed E-state index contributed by atoms with van der Waals surface area (Å²) in [4.78, 5) is 40.2. The van der Waals surface area contributed by atoms with Gasteiger partial charge in [0.25, 0.3) is 11.8 Å². The molecule has 0 aliphatic carbocycles. The number of nitrogens with zero attached hydrogens (tertiary/aromatic N) is 3. The Labute approximate surface area is 255 Å². The van der Waals surface area contributed by atoms with Crippen LogP contribution in [0.1, 0.15) is 45.7 Å². The minimum Gasteiger partial charge on any atom is -0.481 e. The number of carboxylic acids is 1. The summed E-state index contributed by atoms with van der Waals surface area (Å²) in [7, 11) is 0. The monoisotopic (exact) mass is 633 g/mol. The first-order valence-electron chi connectivity index (χ1n) is 13.5. The number of alkyl halides is 3. The van der Waals surface area contributed by atoms with E-state index in [0.29, 0.717) is 23.5 Å². The van der Waals surface area contributed by atoms with Crippen LogP contribution in [0.4, 0.5) is 34.6 Å². The van der Waals surface area contributed by atoms with Crippen molar-refractivity contribution in [2.24, 2.45) is 0 Å². The Morgan fingerprint density at radius 3 is 2.30 bits per heavy atom. The lowest BCUT2D eigenvalue weighted by molar-refractivity contribution is -0.142. The number of nitrogens with one attached hydrogen (secondary N) is 2. The van der Waals surface area contributed by atoms with Crippen molar-refractivity contribution in [1.29, 1.82) is 0 Å². The molecule has 1 fully saturated rings. The zero-order chi connectivity index (χ0) is 30.7. The van der Waals surface area contributed by atoms with Crippen molar-refractivity contribution in [2.75, 3.05) is 28.6 Å². The van der Waals surface area contributed by atoms with Crippen molar-refractivity contribution in [1.82, 2.24) is 9.78 Å². The predicted molar refractivity (Wildman–Crippen MR) is 159 cm³/mol. The van der Waals surface area contributed by atoms with Gasteiger partial charge in [0, 0.05) is 29.7 Å². The fourth-order valence-corrected chi connectivity index (χ4v) is 5.16. The van der Waals surface area contributed by atoms with Crippen LogP contribution in [-0.4, -0.2) is 51.9 Å². The molecule has 1 aliphatic rings. The van der Waals surface area contributed by atoms with E-state index >= 15 is 0 Å². The summed E-state index contributed by atoms with van der Waals surface area (Å²) in [5, 5.41) is 18.7. The van der Waals surface area contributed by atoms with Crippen LogP contribution in [0.25, 0.3) is 10.9 Å². The second-order valence-electron chi connectivity index (χ2n) is 10.2. The van der Waals surface area contributed by atoms with E-state index in [1.807, 2.05) is 4.90 Å². The number of piperidine rings is 1. The van der Waals surface area contributed by atoms with Crippen molar-refractivity contribution < 1.29 is 37.1 Å². The van der Waals surface area contributed by atoms with Gasteiger partial charge in [-0.05, 0) is 67.3 Å². The maximum atomic E-state index is 13.8. The first kappa shape index (κ1) is 32.3. The summed E-state index contributed by atoms with van der Waals surface area (Å²) in [6.45, 7) is -0.114. The molecule has 1 aromatic heterocycles. The van der Waals surface area contributed by atoms with E-state index in [9.17, 15) is 37.1 Å². The highest BCUT2D eigenvalue weighted by molar-refractivity contribution is 6.13. The Balaban J connectivity index is 0.00000442. The zero-order valence-electron chi connectivity index (χ0n) is 23.2. The van der Waals surface area contributed by atoms with Gasteiger partial charge in [-0.2, -0.15) is 18.3 Å². The van der Waals surface area contributed by atoms with E-state index in [-0.39, 0.29) is 51.5 Å². The molecular weight excluding hydrogens is 606 g/mol. The number of hydrogen-bond donors (Lipinski definition) is 3. The smallest absolute Gasteiger partial charge is 0.408 e. The van der Waals surface area contributed by atoms with Crippen molar-refractivity contribution in [2.45, 2.75) is 38.4 Å². The lowest BCUT2D eigenvalue weighted by atomic mass is 10.1. The average molecular weight is 634 g/mol. The zero-order valence-corrected chi connectivity index (χ0v) is 24.0. The summed E-state index contributed by atoms with van der Waals surface area (Å²) in [6.07, 6.45) is -2.33. The van der Waals surface area contributed by atoms with Crippen LogP contribution in [0, 0.1) is 5.82 Å². The third-order valence-corrected chi connectivity index (χ3v) is 7.05. The first-order chi connectivity index (χ1) is 20.5. The molecule has 3 N–H and O–H groups in total. The van der Waals surface area contributed by atoms with Crippen LogP contribution in [0.2, 0.25) is 0 Å². The van der Waals surface area contributed by atoms with Crippen molar-refractivity contribution >= 4 is 58.2 Å². The number of carboxylic acid groups (broad SMARTS) is 1. The van der Waals surface area contributed by atoms with Gasteiger partial charge in [0.1, 0.15) is 18.1 Å². The third kappa shape index (κ3) is 7.46. The summed E-state index contributed by atoms with van der Waals surface area (Å²) >= 11 is 0. The lowest BCUT2D eigenvalue weighted by Crippen LogP contribution is -2.31. The average Bonchev–Trinajstić information content (AvgIpc) is 3.31. The number of amides is 2. The fourth-order valence-electron chi connectivity index (χ4n) is 5.16. The Bertz CT molecular complexity index is 1700. The molecule has 44 heavy (non-hydrogen) atoms. The highest BCUT2D eigenvalue weighted by atomic mass is 35.5. The maximum Gasteiger partial charge on any atom is 0.408 e. The molecular formula is C30H28ClF4N5O4. The van der Waals surface area contributed by atoms with Crippen molar-refractivity contribution in [3.05, 3.63) is 83.3 Å². The molecule has 3 aromatic carbocycles. The van der Waals surface area contributed by atoms with Crippen LogP contribution < -0.4 is 15.5 Å². The number of hydrogen-bond acceptors (Lipinski definition) is 5. The van der Waals surface area contributed by atoms with Gasteiger partial charge in [-0.1, -0.05) is 18.2 Å². The second kappa shape index (κ2) is 13.3. The van der Waals surface area contributed by atoms with Gasteiger partial charge in [0.2, 0.25) is 0 Å². The van der Waals surface area contributed by atoms with E-state index in [1.54, 1.807) is 18.2 Å². The molecule has 1 aliphatic heterocycles. The van der Waals surface area contributed by atoms with Gasteiger partial charge in [-0.25, -0.2) is 9.07 Å². The SMILES string of the molecule is Cl.O=C(O)Cc1cc(F)ccc1NC(=O)c1ccc(N2CCCCC2)c(NC(=O)c2c3ccccc3nn2CC(F)(F)F)c1. The number of carbonyl (C=O) groups is 3. The Morgan fingerprint density at radius 1 is 0.886 bits per heavy atom. The quantitative estimate of drug-likeness (QED) is 0.197. The van der Waals surface area contributed by atoms with Crippen molar-refractivity contribution in [3.63, 3.8) is 0 Å². The number of anilines is 3. The highest BCUT2D eigenvalue weighted by Crippen LogP contribution is 2.32. The van der Waals surface area contributed by atoms with E-state index in [4.69, 9.17) is 0 Å². The molecule has 0 radical (unpaired) electrons. The summed E-state index contributed by atoms with van der Waals surface area (Å²) in [5.74, 6) is -3.38. The minimum atomic E-state index is -4.63. The third-order valence-electron chi connectivity index (χ3n) is 7.05. The fraction of sp³-hybridized carbons (Fsp3) is 0.267. The maximum absolute atomic E-state index is 13.8. The van der Waals surface area contributed by atoms with Crippen LogP contribution in [0.3, 0.4) is 0 Å². The van der Waals surface area contributed by atoms with Gasteiger partial charge < -0.3 is 20.6 Å². The molecule has 0 atom stereocenters. The number of benzene rings is 3. The molecule has 232 valence electrons. The van der Waals surface area contributed by atoms with Gasteiger partial charge >= 0.3 is 12.1 Å². The van der Waals surface area contributed by atoms with Crippen LogP contribution in [0.15, 0.2) is 60.7 Å². The topological polar surface area (TPSA) is 117 Å². The molecule has 2 heterocycles. The predicted octanol–water partition coefficient (Wildman–Crippen LogP) is 6.28. The molecule has 0 unspecified atom stereocenters. The standard InChI is InChI=1S/C30H27F4N5O4.ClH/c31-20-9-10-22(19(14-20)16-26(40)41)35-28(42)18-8-11-25(38-12-4-1-5-13-38)24(15-18)36-29(43)27-21-6-2-3-7-23(21)37-39(27)17-30(32,33)34;/h2-3,6-11,14-15H,1,4-5,12-13,16-17H2,(H,35,42)(H,36,43)(H,40,41);1H.